The summed E-state index contributed by atoms with van der Waals surface area (Å²) in [7, 11) is 0. The molecule has 0 fully saturated rings. The molecule has 1 amide bonds. The maximum Gasteiger partial charge on any atom is 0.341 e. The fourth-order valence-electron chi connectivity index (χ4n) is 6.26. The van der Waals surface area contributed by atoms with Gasteiger partial charge in [-0.05, 0) is 79.0 Å². The van der Waals surface area contributed by atoms with Gasteiger partial charge in [-0.2, -0.15) is 0 Å². The van der Waals surface area contributed by atoms with E-state index in [0.29, 0.717) is 33.5 Å². The Morgan fingerprint density at radius 1 is 0.878 bits per heavy atom. The molecule has 0 saturated heterocycles. The van der Waals surface area contributed by atoms with Crippen LogP contribution in [0.4, 0.5) is 5.00 Å². The molecular formula is C41H40N2O5S. The van der Waals surface area contributed by atoms with Gasteiger partial charge in [-0.1, -0.05) is 93.1 Å². The molecule has 1 aliphatic rings. The first kappa shape index (κ1) is 33.8. The third-order valence-electron chi connectivity index (χ3n) is 8.75. The number of ether oxygens (including phenoxy) is 2. The number of aryl methyl sites for hydroxylation is 2. The van der Waals surface area contributed by atoms with Gasteiger partial charge < -0.3 is 14.8 Å². The summed E-state index contributed by atoms with van der Waals surface area (Å²) in [6.07, 6.45) is 3.50. The summed E-state index contributed by atoms with van der Waals surface area (Å²) >= 11 is 1.29. The van der Waals surface area contributed by atoms with Crippen LogP contribution in [0, 0.1) is 13.8 Å². The average Bonchev–Trinajstić information content (AvgIpc) is 3.62. The predicted molar refractivity (Wildman–Crippen MR) is 197 cm³/mol. The molecular weight excluding hydrogens is 633 g/mol. The molecule has 0 aliphatic heterocycles. The molecule has 2 aromatic heterocycles. The molecule has 1 aliphatic carbocycles. The molecule has 8 heteroatoms. The summed E-state index contributed by atoms with van der Waals surface area (Å²) in [5, 5.41) is 3.85. The maximum atomic E-state index is 13.8. The zero-order valence-electron chi connectivity index (χ0n) is 28.7. The molecule has 49 heavy (non-hydrogen) atoms. The number of fused-ring (bicyclic) bond motifs is 2. The van der Waals surface area contributed by atoms with Crippen molar-refractivity contribution in [1.82, 2.24) is 4.98 Å². The molecule has 250 valence electrons. The summed E-state index contributed by atoms with van der Waals surface area (Å²) in [5.74, 6) is -1.67. The number of carbonyl (C=O) groups excluding carboxylic acids is 3. The van der Waals surface area contributed by atoms with Crippen molar-refractivity contribution in [3.05, 3.63) is 117 Å². The summed E-state index contributed by atoms with van der Waals surface area (Å²) in [6, 6.07) is 23.9. The van der Waals surface area contributed by atoms with Crippen LogP contribution >= 0.6 is 11.3 Å². The Bertz CT molecular complexity index is 2100. The maximum absolute atomic E-state index is 13.8. The van der Waals surface area contributed by atoms with E-state index < -0.39 is 24.5 Å². The van der Waals surface area contributed by atoms with E-state index in [1.807, 2.05) is 62.4 Å². The molecule has 6 rings (SSSR count). The van der Waals surface area contributed by atoms with Crippen molar-refractivity contribution in [1.29, 1.82) is 0 Å². The lowest BCUT2D eigenvalue weighted by atomic mass is 9.86. The highest BCUT2D eigenvalue weighted by Crippen LogP contribution is 2.41. The normalized spacial score (nSPS) is 13.4. The number of rotatable bonds is 8. The number of esters is 2. The van der Waals surface area contributed by atoms with Crippen LogP contribution < -0.4 is 5.32 Å². The van der Waals surface area contributed by atoms with E-state index in [2.05, 4.69) is 56.4 Å². The van der Waals surface area contributed by atoms with Gasteiger partial charge in [0.2, 0.25) is 0 Å². The molecule has 0 spiro atoms. The standard InChI is InChI=1S/C41H40N2O5S/c1-7-47-40(46)36-34(27-16-12-24(2)13-17-27)25(3)49-38(36)43-33(44)23-48-39(45)35-30-10-8-9-11-32(30)42-37-28(18-21-31(35)37)22-26-14-19-29(20-15-26)41(4,5)6/h8-17,19-20,22H,7,18,21,23H2,1-6H3,(H,43,44). The van der Waals surface area contributed by atoms with E-state index in [1.165, 1.54) is 16.9 Å². The predicted octanol–water partition coefficient (Wildman–Crippen LogP) is 9.34. The van der Waals surface area contributed by atoms with Crippen LogP contribution in [0.25, 0.3) is 33.7 Å². The Labute approximate surface area is 291 Å². The summed E-state index contributed by atoms with van der Waals surface area (Å²) in [5.41, 5.74) is 9.12. The minimum absolute atomic E-state index is 0.0640. The first-order valence-corrected chi connectivity index (χ1v) is 17.3. The van der Waals surface area contributed by atoms with E-state index in [0.717, 1.165) is 44.8 Å². The van der Waals surface area contributed by atoms with Gasteiger partial charge >= 0.3 is 11.9 Å². The average molecular weight is 673 g/mol. The van der Waals surface area contributed by atoms with Gasteiger partial charge in [-0.3, -0.25) is 4.79 Å². The molecule has 3 aromatic carbocycles. The van der Waals surface area contributed by atoms with Gasteiger partial charge in [-0.25, -0.2) is 14.6 Å². The molecule has 0 bridgehead atoms. The molecule has 7 nitrogen and oxygen atoms in total. The number of aromatic nitrogens is 1. The Morgan fingerprint density at radius 2 is 1.57 bits per heavy atom. The van der Waals surface area contributed by atoms with Crippen LogP contribution in [0.1, 0.15) is 87.7 Å². The van der Waals surface area contributed by atoms with Crippen LogP contribution in [0.15, 0.2) is 72.8 Å². The van der Waals surface area contributed by atoms with E-state index in [1.54, 1.807) is 6.92 Å². The molecule has 0 atom stereocenters. The molecule has 2 heterocycles. The Hall–Kier alpha value is -5.08. The SMILES string of the molecule is CCOC(=O)c1c(NC(=O)COC(=O)c2c3c(nc4ccccc24)C(=Cc2ccc(C(C)(C)C)cc2)CC3)sc(C)c1-c1ccc(C)cc1. The van der Waals surface area contributed by atoms with Gasteiger partial charge in [0.15, 0.2) is 6.61 Å². The minimum Gasteiger partial charge on any atom is -0.462 e. The van der Waals surface area contributed by atoms with Gasteiger partial charge in [0.1, 0.15) is 10.6 Å². The number of thiophene rings is 1. The van der Waals surface area contributed by atoms with Gasteiger partial charge in [0, 0.05) is 15.8 Å². The zero-order valence-corrected chi connectivity index (χ0v) is 29.5. The Balaban J connectivity index is 1.25. The van der Waals surface area contributed by atoms with Crippen molar-refractivity contribution in [2.45, 2.75) is 59.8 Å². The van der Waals surface area contributed by atoms with Crippen molar-refractivity contribution >= 4 is 56.7 Å². The summed E-state index contributed by atoms with van der Waals surface area (Å²) in [4.78, 5) is 46.0. The highest BCUT2D eigenvalue weighted by Gasteiger charge is 2.29. The quantitative estimate of drug-likeness (QED) is 0.165. The van der Waals surface area contributed by atoms with Crippen molar-refractivity contribution in [2.75, 3.05) is 18.5 Å². The molecule has 0 radical (unpaired) electrons. The number of benzene rings is 3. The number of amides is 1. The highest BCUT2D eigenvalue weighted by atomic mass is 32.1. The van der Waals surface area contributed by atoms with Crippen LogP contribution in [0.5, 0.6) is 0 Å². The summed E-state index contributed by atoms with van der Waals surface area (Å²) in [6.45, 7) is 11.9. The Morgan fingerprint density at radius 3 is 2.27 bits per heavy atom. The summed E-state index contributed by atoms with van der Waals surface area (Å²) < 4.78 is 11.0. The number of nitrogens with one attached hydrogen (secondary N) is 1. The van der Waals surface area contributed by atoms with Crippen molar-refractivity contribution in [3.8, 4) is 11.1 Å². The lowest BCUT2D eigenvalue weighted by Crippen LogP contribution is -2.22. The molecule has 0 saturated carbocycles. The van der Waals surface area contributed by atoms with E-state index >= 15 is 0 Å². The second-order valence-corrected chi connectivity index (χ2v) is 14.5. The second-order valence-electron chi connectivity index (χ2n) is 13.3. The fraction of sp³-hybridized carbons (Fsp3) is 0.268. The number of para-hydroxylation sites is 1. The van der Waals surface area contributed by atoms with E-state index in [-0.39, 0.29) is 17.6 Å². The lowest BCUT2D eigenvalue weighted by Gasteiger charge is -2.18. The number of anilines is 1. The first-order chi connectivity index (χ1) is 23.4. The van der Waals surface area contributed by atoms with Gasteiger partial charge in [-0.15, -0.1) is 11.3 Å². The monoisotopic (exact) mass is 672 g/mol. The minimum atomic E-state index is -0.589. The number of hydrogen-bond acceptors (Lipinski definition) is 7. The third-order valence-corrected chi connectivity index (χ3v) is 9.78. The van der Waals surface area contributed by atoms with E-state index in [4.69, 9.17) is 14.5 Å². The van der Waals surface area contributed by atoms with E-state index in [9.17, 15) is 14.4 Å². The number of nitrogens with zero attached hydrogens (tertiary/aromatic N) is 1. The Kier molecular flexibility index (Phi) is 9.52. The van der Waals surface area contributed by atoms with Crippen LogP contribution in [0.2, 0.25) is 0 Å². The number of allylic oxidation sites excluding steroid dienone is 1. The fourth-order valence-corrected chi connectivity index (χ4v) is 7.34. The van der Waals surface area contributed by atoms with Crippen molar-refractivity contribution < 1.29 is 23.9 Å². The number of pyridine rings is 1. The smallest absolute Gasteiger partial charge is 0.341 e. The zero-order chi connectivity index (χ0) is 34.9. The second kappa shape index (κ2) is 13.8. The number of hydrogen-bond donors (Lipinski definition) is 1. The molecule has 1 N–H and O–H groups in total. The van der Waals surface area contributed by atoms with Crippen LogP contribution in [0.3, 0.4) is 0 Å². The lowest BCUT2D eigenvalue weighted by molar-refractivity contribution is -0.119. The third kappa shape index (κ3) is 7.06. The van der Waals surface area contributed by atoms with Crippen LogP contribution in [-0.2, 0) is 26.1 Å². The molecule has 5 aromatic rings. The largest absolute Gasteiger partial charge is 0.462 e. The van der Waals surface area contributed by atoms with Crippen molar-refractivity contribution in [2.24, 2.45) is 0 Å². The first-order valence-electron chi connectivity index (χ1n) is 16.5. The van der Waals surface area contributed by atoms with Gasteiger partial charge in [0.25, 0.3) is 5.91 Å². The van der Waals surface area contributed by atoms with Gasteiger partial charge in [0.05, 0.1) is 23.4 Å². The number of carbonyl (C=O) groups is 3. The topological polar surface area (TPSA) is 94.6 Å². The highest BCUT2D eigenvalue weighted by molar-refractivity contribution is 7.17. The molecule has 0 unspecified atom stereocenters. The van der Waals surface area contributed by atoms with Crippen LogP contribution in [-0.4, -0.2) is 36.0 Å². The van der Waals surface area contributed by atoms with Crippen molar-refractivity contribution in [3.63, 3.8) is 0 Å².